The molecule has 6 heteroatoms. The van der Waals surface area contributed by atoms with Crippen molar-refractivity contribution in [1.82, 2.24) is 4.90 Å². The Labute approximate surface area is 134 Å². The number of aliphatic hydroxyl groups is 1. The van der Waals surface area contributed by atoms with Crippen LogP contribution in [-0.4, -0.2) is 52.4 Å². The van der Waals surface area contributed by atoms with Gasteiger partial charge < -0.3 is 15.1 Å². The lowest BCUT2D eigenvalue weighted by Gasteiger charge is -2.37. The van der Waals surface area contributed by atoms with E-state index >= 15 is 0 Å². The summed E-state index contributed by atoms with van der Waals surface area (Å²) in [5.74, 6) is -0.345. The van der Waals surface area contributed by atoms with Gasteiger partial charge in [-0.25, -0.2) is 0 Å². The lowest BCUT2D eigenvalue weighted by Crippen LogP contribution is -2.48. The molecule has 0 saturated carbocycles. The van der Waals surface area contributed by atoms with E-state index in [1.54, 1.807) is 24.0 Å². The highest BCUT2D eigenvalue weighted by Crippen LogP contribution is 2.30. The second kappa shape index (κ2) is 7.15. The van der Waals surface area contributed by atoms with Crippen LogP contribution in [0, 0.1) is 5.41 Å². The number of thioether (sulfide) groups is 1. The molecule has 2 N–H and O–H groups in total. The molecule has 0 aliphatic carbocycles. The quantitative estimate of drug-likeness (QED) is 0.811. The molecule has 120 valence electrons. The summed E-state index contributed by atoms with van der Waals surface area (Å²) in [5.41, 5.74) is -0.284. The van der Waals surface area contributed by atoms with E-state index in [0.29, 0.717) is 30.7 Å². The van der Waals surface area contributed by atoms with Crippen LogP contribution in [0.2, 0.25) is 0 Å². The lowest BCUT2D eigenvalue weighted by atomic mass is 9.82. The van der Waals surface area contributed by atoms with E-state index in [4.69, 9.17) is 5.11 Å². The molecular weight excluding hydrogens is 302 g/mol. The highest BCUT2D eigenvalue weighted by Gasteiger charge is 2.39. The number of aliphatic hydroxyl groups excluding tert-OH is 1. The Balaban J connectivity index is 2.06. The van der Waals surface area contributed by atoms with Crippen molar-refractivity contribution in [3.63, 3.8) is 0 Å². The summed E-state index contributed by atoms with van der Waals surface area (Å²) in [6.07, 6.45) is 1.31. The number of piperidine rings is 1. The highest BCUT2D eigenvalue weighted by atomic mass is 32.2. The molecule has 1 atom stereocenters. The third-order valence-corrected chi connectivity index (χ3v) is 4.95. The van der Waals surface area contributed by atoms with Crippen LogP contribution in [0.1, 0.15) is 30.1 Å². The number of aliphatic carboxylic acids is 1. The molecule has 1 amide bonds. The van der Waals surface area contributed by atoms with Gasteiger partial charge in [-0.05, 0) is 44.0 Å². The summed E-state index contributed by atoms with van der Waals surface area (Å²) >= 11 is 1.53. The van der Waals surface area contributed by atoms with Crippen molar-refractivity contribution in [2.45, 2.75) is 24.7 Å². The number of nitrogens with zero attached hydrogens (tertiary/aromatic N) is 1. The summed E-state index contributed by atoms with van der Waals surface area (Å²) in [6.45, 7) is 2.67. The fourth-order valence-electron chi connectivity index (χ4n) is 2.63. The zero-order chi connectivity index (χ0) is 16.2. The van der Waals surface area contributed by atoms with Crippen molar-refractivity contribution in [3.05, 3.63) is 29.8 Å². The Bertz CT molecular complexity index is 546. The summed E-state index contributed by atoms with van der Waals surface area (Å²) in [7, 11) is 0. The molecule has 1 aromatic carbocycles. The third kappa shape index (κ3) is 3.81. The second-order valence-electron chi connectivity index (χ2n) is 5.79. The first-order valence-corrected chi connectivity index (χ1v) is 8.31. The van der Waals surface area contributed by atoms with Gasteiger partial charge in [0.05, 0.1) is 12.0 Å². The normalized spacial score (nSPS) is 21.6. The number of carboxylic acids is 1. The number of rotatable bonds is 5. The maximum atomic E-state index is 12.5. The van der Waals surface area contributed by atoms with Gasteiger partial charge in [0.2, 0.25) is 0 Å². The predicted molar refractivity (Wildman–Crippen MR) is 85.1 cm³/mol. The number of amides is 1. The Morgan fingerprint density at radius 2 is 2.00 bits per heavy atom. The van der Waals surface area contributed by atoms with Crippen LogP contribution in [0.15, 0.2) is 29.2 Å². The van der Waals surface area contributed by atoms with Crippen LogP contribution < -0.4 is 0 Å². The fraction of sp³-hybridized carbons (Fsp3) is 0.500. The average Bonchev–Trinajstić information content (AvgIpc) is 2.52. The largest absolute Gasteiger partial charge is 0.481 e. The SMILES string of the molecule is C[C@@]1(C(=O)O)CCCN(C(=O)c2ccc(SCCO)cc2)C1. The van der Waals surface area contributed by atoms with Gasteiger partial charge in [0.1, 0.15) is 0 Å². The summed E-state index contributed by atoms with van der Waals surface area (Å²) in [5, 5.41) is 18.1. The molecule has 1 aromatic rings. The van der Waals surface area contributed by atoms with E-state index in [9.17, 15) is 14.7 Å². The van der Waals surface area contributed by atoms with Gasteiger partial charge in [0.25, 0.3) is 5.91 Å². The van der Waals surface area contributed by atoms with Crippen LogP contribution in [0.4, 0.5) is 0 Å². The molecule has 0 spiro atoms. The predicted octanol–water partition coefficient (Wildman–Crippen LogP) is 2.10. The molecule has 0 unspecified atom stereocenters. The van der Waals surface area contributed by atoms with Crippen LogP contribution in [0.25, 0.3) is 0 Å². The van der Waals surface area contributed by atoms with Crippen molar-refractivity contribution in [3.8, 4) is 0 Å². The van der Waals surface area contributed by atoms with Crippen molar-refractivity contribution < 1.29 is 19.8 Å². The van der Waals surface area contributed by atoms with Gasteiger partial charge in [0, 0.05) is 29.3 Å². The van der Waals surface area contributed by atoms with Crippen molar-refractivity contribution in [2.24, 2.45) is 5.41 Å². The monoisotopic (exact) mass is 323 g/mol. The van der Waals surface area contributed by atoms with Crippen LogP contribution >= 0.6 is 11.8 Å². The van der Waals surface area contributed by atoms with Crippen LogP contribution in [0.5, 0.6) is 0 Å². The minimum Gasteiger partial charge on any atom is -0.481 e. The van der Waals surface area contributed by atoms with Crippen molar-refractivity contribution >= 4 is 23.6 Å². The summed E-state index contributed by atoms with van der Waals surface area (Å²) < 4.78 is 0. The number of carboxylic acid groups (broad SMARTS) is 1. The van der Waals surface area contributed by atoms with Gasteiger partial charge in [-0.1, -0.05) is 0 Å². The molecule has 5 nitrogen and oxygen atoms in total. The summed E-state index contributed by atoms with van der Waals surface area (Å²) in [6, 6.07) is 7.23. The second-order valence-corrected chi connectivity index (χ2v) is 6.96. The van der Waals surface area contributed by atoms with Gasteiger partial charge in [0.15, 0.2) is 0 Å². The first kappa shape index (κ1) is 16.8. The Kier molecular flexibility index (Phi) is 5.47. The smallest absolute Gasteiger partial charge is 0.311 e. The molecule has 1 saturated heterocycles. The number of hydrogen-bond donors (Lipinski definition) is 2. The van der Waals surface area contributed by atoms with E-state index in [1.165, 1.54) is 11.8 Å². The van der Waals surface area contributed by atoms with E-state index in [-0.39, 0.29) is 19.1 Å². The van der Waals surface area contributed by atoms with Gasteiger partial charge in [-0.3, -0.25) is 9.59 Å². The third-order valence-electron chi connectivity index (χ3n) is 3.96. The maximum absolute atomic E-state index is 12.5. The first-order chi connectivity index (χ1) is 10.5. The molecule has 1 aliphatic heterocycles. The topological polar surface area (TPSA) is 77.8 Å². The Hall–Kier alpha value is -1.53. The number of benzene rings is 1. The molecule has 0 radical (unpaired) electrons. The Morgan fingerprint density at radius 1 is 1.32 bits per heavy atom. The molecule has 2 rings (SSSR count). The molecule has 0 aromatic heterocycles. The fourth-order valence-corrected chi connectivity index (χ4v) is 3.28. The molecule has 1 heterocycles. The standard InChI is InChI=1S/C16H21NO4S/c1-16(15(20)21)7-2-8-17(11-16)14(19)12-3-5-13(6-4-12)22-10-9-18/h3-6,18H,2,7-11H2,1H3,(H,20,21)/t16-/m1/s1. The molecule has 22 heavy (non-hydrogen) atoms. The van der Waals surface area contributed by atoms with E-state index in [1.807, 2.05) is 12.1 Å². The van der Waals surface area contributed by atoms with E-state index in [0.717, 1.165) is 4.90 Å². The van der Waals surface area contributed by atoms with Crippen molar-refractivity contribution in [2.75, 3.05) is 25.4 Å². The van der Waals surface area contributed by atoms with Crippen molar-refractivity contribution in [1.29, 1.82) is 0 Å². The number of likely N-dealkylation sites (tertiary alicyclic amines) is 1. The van der Waals surface area contributed by atoms with E-state index in [2.05, 4.69) is 0 Å². The number of carbonyl (C=O) groups excluding carboxylic acids is 1. The number of hydrogen-bond acceptors (Lipinski definition) is 4. The van der Waals surface area contributed by atoms with Gasteiger partial charge >= 0.3 is 5.97 Å². The van der Waals surface area contributed by atoms with Gasteiger partial charge in [-0.15, -0.1) is 11.8 Å². The zero-order valence-corrected chi connectivity index (χ0v) is 13.4. The maximum Gasteiger partial charge on any atom is 0.311 e. The lowest BCUT2D eigenvalue weighted by molar-refractivity contribution is -0.150. The Morgan fingerprint density at radius 3 is 2.59 bits per heavy atom. The highest BCUT2D eigenvalue weighted by molar-refractivity contribution is 7.99. The zero-order valence-electron chi connectivity index (χ0n) is 12.6. The minimum absolute atomic E-state index is 0.118. The summed E-state index contributed by atoms with van der Waals surface area (Å²) in [4.78, 5) is 26.5. The molecular formula is C16H21NO4S. The van der Waals surface area contributed by atoms with Crippen LogP contribution in [0.3, 0.4) is 0 Å². The molecule has 1 aliphatic rings. The minimum atomic E-state index is -0.856. The van der Waals surface area contributed by atoms with E-state index < -0.39 is 11.4 Å². The van der Waals surface area contributed by atoms with Crippen LogP contribution in [-0.2, 0) is 4.79 Å². The molecule has 0 bridgehead atoms. The average molecular weight is 323 g/mol. The molecule has 1 fully saturated rings. The number of carbonyl (C=O) groups is 2. The first-order valence-electron chi connectivity index (χ1n) is 7.33. The van der Waals surface area contributed by atoms with Gasteiger partial charge in [-0.2, -0.15) is 0 Å².